The van der Waals surface area contributed by atoms with Crippen LogP contribution in [0.5, 0.6) is 11.6 Å². The average Bonchev–Trinajstić information content (AvgIpc) is 2.41. The van der Waals surface area contributed by atoms with Crippen molar-refractivity contribution in [1.29, 1.82) is 0 Å². The Bertz CT molecular complexity index is 616. The summed E-state index contributed by atoms with van der Waals surface area (Å²) in [5.74, 6) is 6.89. The van der Waals surface area contributed by atoms with Crippen LogP contribution in [0.4, 0.5) is 5.95 Å². The Morgan fingerprint density at radius 2 is 2.10 bits per heavy atom. The SMILES string of the molecule is Cc1ccc(C(C)C)c(Oc2nc(NN)ncc2Cl)c1. The van der Waals surface area contributed by atoms with Gasteiger partial charge < -0.3 is 4.74 Å². The molecule has 2 rings (SSSR count). The number of hydrogen-bond donors (Lipinski definition) is 2. The third-order valence-corrected chi connectivity index (χ3v) is 3.10. The molecule has 0 amide bonds. The third kappa shape index (κ3) is 3.18. The number of hydrogen-bond acceptors (Lipinski definition) is 5. The molecule has 0 radical (unpaired) electrons. The summed E-state index contributed by atoms with van der Waals surface area (Å²) in [6, 6.07) is 6.06. The van der Waals surface area contributed by atoms with Gasteiger partial charge in [-0.15, -0.1) is 0 Å². The zero-order chi connectivity index (χ0) is 14.7. The molecule has 5 nitrogen and oxygen atoms in total. The molecule has 0 aliphatic carbocycles. The number of halogens is 1. The van der Waals surface area contributed by atoms with E-state index < -0.39 is 0 Å². The van der Waals surface area contributed by atoms with Crippen LogP contribution in [0, 0.1) is 6.92 Å². The monoisotopic (exact) mass is 292 g/mol. The molecule has 1 aromatic carbocycles. The highest BCUT2D eigenvalue weighted by molar-refractivity contribution is 6.31. The van der Waals surface area contributed by atoms with Crippen molar-refractivity contribution in [3.63, 3.8) is 0 Å². The van der Waals surface area contributed by atoms with Crippen LogP contribution < -0.4 is 16.0 Å². The van der Waals surface area contributed by atoms with Gasteiger partial charge in [0.2, 0.25) is 11.8 Å². The van der Waals surface area contributed by atoms with Crippen LogP contribution in [-0.4, -0.2) is 9.97 Å². The molecule has 106 valence electrons. The molecule has 2 aromatic rings. The standard InChI is InChI=1S/C14H17ClN4O/c1-8(2)10-5-4-9(3)6-12(10)20-13-11(15)7-17-14(18-13)19-16/h4-8H,16H2,1-3H3,(H,17,18,19). The van der Waals surface area contributed by atoms with Gasteiger partial charge in [-0.25, -0.2) is 10.8 Å². The van der Waals surface area contributed by atoms with Gasteiger partial charge in [-0.05, 0) is 30.0 Å². The lowest BCUT2D eigenvalue weighted by Crippen LogP contribution is -2.10. The smallest absolute Gasteiger partial charge is 0.243 e. The maximum absolute atomic E-state index is 6.06. The number of benzene rings is 1. The zero-order valence-electron chi connectivity index (χ0n) is 11.6. The highest BCUT2D eigenvalue weighted by Gasteiger charge is 2.13. The van der Waals surface area contributed by atoms with Crippen LogP contribution in [-0.2, 0) is 0 Å². The average molecular weight is 293 g/mol. The van der Waals surface area contributed by atoms with Gasteiger partial charge in [0.05, 0.1) is 6.20 Å². The summed E-state index contributed by atoms with van der Waals surface area (Å²) in [5.41, 5.74) is 4.56. The van der Waals surface area contributed by atoms with Crippen molar-refractivity contribution in [3.8, 4) is 11.6 Å². The number of aryl methyl sites for hydroxylation is 1. The van der Waals surface area contributed by atoms with Gasteiger partial charge in [0.15, 0.2) is 0 Å². The lowest BCUT2D eigenvalue weighted by atomic mass is 10.0. The number of hydrazine groups is 1. The fraction of sp³-hybridized carbons (Fsp3) is 0.286. The van der Waals surface area contributed by atoms with Gasteiger partial charge in [0.1, 0.15) is 10.8 Å². The molecule has 0 fully saturated rings. The van der Waals surface area contributed by atoms with Crippen molar-refractivity contribution < 1.29 is 4.74 Å². The first-order valence-corrected chi connectivity index (χ1v) is 6.66. The van der Waals surface area contributed by atoms with Crippen LogP contribution in [0.1, 0.15) is 30.9 Å². The van der Waals surface area contributed by atoms with E-state index in [1.165, 1.54) is 6.20 Å². The van der Waals surface area contributed by atoms with Gasteiger partial charge in [-0.3, -0.25) is 5.43 Å². The minimum absolute atomic E-state index is 0.253. The van der Waals surface area contributed by atoms with Crippen LogP contribution in [0.3, 0.4) is 0 Å². The number of nitrogens with one attached hydrogen (secondary N) is 1. The number of ether oxygens (including phenoxy) is 1. The molecule has 0 unspecified atom stereocenters. The molecule has 0 atom stereocenters. The molecule has 3 N–H and O–H groups in total. The first-order chi connectivity index (χ1) is 9.51. The van der Waals surface area contributed by atoms with E-state index in [1.54, 1.807) is 0 Å². The number of anilines is 1. The minimum atomic E-state index is 0.253. The summed E-state index contributed by atoms with van der Waals surface area (Å²) in [6.07, 6.45) is 1.45. The molecule has 20 heavy (non-hydrogen) atoms. The molecule has 1 aromatic heterocycles. The van der Waals surface area contributed by atoms with E-state index >= 15 is 0 Å². The minimum Gasteiger partial charge on any atom is -0.437 e. The summed E-state index contributed by atoms with van der Waals surface area (Å²) in [6.45, 7) is 6.21. The van der Waals surface area contributed by atoms with E-state index in [9.17, 15) is 0 Å². The van der Waals surface area contributed by atoms with Gasteiger partial charge >= 0.3 is 0 Å². The second-order valence-corrected chi connectivity index (χ2v) is 5.20. The fourth-order valence-corrected chi connectivity index (χ4v) is 1.93. The fourth-order valence-electron chi connectivity index (χ4n) is 1.80. The van der Waals surface area contributed by atoms with Crippen molar-refractivity contribution in [2.24, 2.45) is 5.84 Å². The molecule has 0 saturated carbocycles. The zero-order valence-corrected chi connectivity index (χ0v) is 12.4. The maximum atomic E-state index is 6.06. The molecule has 6 heteroatoms. The van der Waals surface area contributed by atoms with Crippen molar-refractivity contribution >= 4 is 17.5 Å². The number of nitrogen functional groups attached to an aromatic ring is 1. The second kappa shape index (κ2) is 6.07. The molecule has 0 saturated heterocycles. The maximum Gasteiger partial charge on any atom is 0.243 e. The lowest BCUT2D eigenvalue weighted by Gasteiger charge is -2.14. The summed E-state index contributed by atoms with van der Waals surface area (Å²) < 4.78 is 5.85. The highest BCUT2D eigenvalue weighted by Crippen LogP contribution is 2.33. The molecule has 1 heterocycles. The number of nitrogens with two attached hydrogens (primary N) is 1. The van der Waals surface area contributed by atoms with Gasteiger partial charge in [-0.1, -0.05) is 37.6 Å². The van der Waals surface area contributed by atoms with Gasteiger partial charge in [0.25, 0.3) is 0 Å². The molecule has 0 aliphatic rings. The predicted molar refractivity (Wildman–Crippen MR) is 80.2 cm³/mol. The second-order valence-electron chi connectivity index (χ2n) is 4.79. The van der Waals surface area contributed by atoms with E-state index in [0.717, 1.165) is 16.9 Å². The first kappa shape index (κ1) is 14.6. The molecular weight excluding hydrogens is 276 g/mol. The van der Waals surface area contributed by atoms with Crippen molar-refractivity contribution in [1.82, 2.24) is 9.97 Å². The lowest BCUT2D eigenvalue weighted by molar-refractivity contribution is 0.453. The van der Waals surface area contributed by atoms with Gasteiger partial charge in [-0.2, -0.15) is 4.98 Å². The van der Waals surface area contributed by atoms with E-state index in [1.807, 2.05) is 19.1 Å². The van der Waals surface area contributed by atoms with Crippen LogP contribution in [0.2, 0.25) is 5.02 Å². The molecular formula is C14H17ClN4O. The molecule has 0 spiro atoms. The Balaban J connectivity index is 2.41. The van der Waals surface area contributed by atoms with E-state index in [-0.39, 0.29) is 11.8 Å². The Morgan fingerprint density at radius 1 is 1.35 bits per heavy atom. The van der Waals surface area contributed by atoms with E-state index in [2.05, 4.69) is 35.3 Å². The first-order valence-electron chi connectivity index (χ1n) is 6.29. The van der Waals surface area contributed by atoms with Crippen LogP contribution in [0.15, 0.2) is 24.4 Å². The Kier molecular flexibility index (Phi) is 4.42. The van der Waals surface area contributed by atoms with Crippen LogP contribution >= 0.6 is 11.6 Å². The summed E-state index contributed by atoms with van der Waals surface area (Å²) in [5, 5.41) is 0.334. The highest BCUT2D eigenvalue weighted by atomic mass is 35.5. The number of aromatic nitrogens is 2. The molecule has 0 bridgehead atoms. The van der Waals surface area contributed by atoms with Crippen molar-refractivity contribution in [2.75, 3.05) is 5.43 Å². The topological polar surface area (TPSA) is 73.1 Å². The van der Waals surface area contributed by atoms with Gasteiger partial charge in [0, 0.05) is 0 Å². The largest absolute Gasteiger partial charge is 0.437 e. The Hall–Kier alpha value is -1.85. The quantitative estimate of drug-likeness (QED) is 0.665. The summed E-state index contributed by atoms with van der Waals surface area (Å²) >= 11 is 6.06. The Labute approximate surface area is 123 Å². The van der Waals surface area contributed by atoms with E-state index in [0.29, 0.717) is 10.9 Å². The normalized spacial score (nSPS) is 10.7. The van der Waals surface area contributed by atoms with Crippen molar-refractivity contribution in [2.45, 2.75) is 26.7 Å². The number of nitrogens with zero attached hydrogens (tertiary/aromatic N) is 2. The predicted octanol–water partition coefficient (Wildman–Crippen LogP) is 3.64. The summed E-state index contributed by atoms with van der Waals surface area (Å²) in [7, 11) is 0. The van der Waals surface area contributed by atoms with Crippen molar-refractivity contribution in [3.05, 3.63) is 40.5 Å². The summed E-state index contributed by atoms with van der Waals surface area (Å²) in [4.78, 5) is 8.03. The number of rotatable bonds is 4. The molecule has 0 aliphatic heterocycles. The van der Waals surface area contributed by atoms with Crippen LogP contribution in [0.25, 0.3) is 0 Å². The third-order valence-electron chi connectivity index (χ3n) is 2.84. The van der Waals surface area contributed by atoms with E-state index in [4.69, 9.17) is 22.2 Å². The Morgan fingerprint density at radius 3 is 2.75 bits per heavy atom.